The van der Waals surface area contributed by atoms with E-state index in [1.54, 1.807) is 0 Å². The van der Waals surface area contributed by atoms with E-state index in [0.29, 0.717) is 0 Å². The molecule has 5 nitrogen and oxygen atoms in total. The van der Waals surface area contributed by atoms with Gasteiger partial charge < -0.3 is 9.88 Å². The molecule has 1 fully saturated rings. The maximum atomic E-state index is 4.19. The summed E-state index contributed by atoms with van der Waals surface area (Å²) >= 11 is 0. The lowest BCUT2D eigenvalue weighted by Gasteiger charge is -2.31. The molecule has 2 unspecified atom stereocenters. The number of nitrogens with one attached hydrogen (secondary N) is 1. The van der Waals surface area contributed by atoms with Crippen molar-refractivity contribution in [1.82, 2.24) is 25.0 Å². The molecule has 1 N–H and O–H groups in total. The smallest absolute Gasteiger partial charge is 0.147 e. The molecule has 3 rings (SSSR count). The van der Waals surface area contributed by atoms with E-state index >= 15 is 0 Å². The average molecular weight is 263 g/mol. The largest absolute Gasteiger partial charge is 0.316 e. The molecule has 0 aromatic carbocycles. The second-order valence-corrected chi connectivity index (χ2v) is 6.09. The van der Waals surface area contributed by atoms with E-state index in [1.807, 2.05) is 6.33 Å². The first kappa shape index (κ1) is 13.1. The number of hydrogen-bond acceptors (Lipinski definition) is 4. The second-order valence-electron chi connectivity index (χ2n) is 6.09. The summed E-state index contributed by atoms with van der Waals surface area (Å²) in [5, 5.41) is 11.7. The highest BCUT2D eigenvalue weighted by atomic mass is 15.3. The molecule has 2 aliphatic heterocycles. The van der Waals surface area contributed by atoms with Crippen molar-refractivity contribution in [2.45, 2.75) is 39.3 Å². The SMILES string of the molecule is CC(CCN1CCn2cnnc2C1)C1CCCNC1. The fourth-order valence-electron chi connectivity index (χ4n) is 3.29. The number of hydrogen-bond donors (Lipinski definition) is 1. The van der Waals surface area contributed by atoms with Crippen LogP contribution in [0.25, 0.3) is 0 Å². The van der Waals surface area contributed by atoms with Gasteiger partial charge in [0.2, 0.25) is 0 Å². The first-order valence-corrected chi connectivity index (χ1v) is 7.62. The van der Waals surface area contributed by atoms with Crippen molar-refractivity contribution >= 4 is 0 Å². The van der Waals surface area contributed by atoms with Gasteiger partial charge in [-0.15, -0.1) is 10.2 Å². The van der Waals surface area contributed by atoms with Crippen molar-refractivity contribution in [1.29, 1.82) is 0 Å². The third kappa shape index (κ3) is 3.15. The van der Waals surface area contributed by atoms with Gasteiger partial charge in [-0.1, -0.05) is 6.92 Å². The summed E-state index contributed by atoms with van der Waals surface area (Å²) < 4.78 is 2.17. The molecule has 1 aromatic rings. The van der Waals surface area contributed by atoms with Crippen LogP contribution in [0.1, 0.15) is 32.0 Å². The van der Waals surface area contributed by atoms with Gasteiger partial charge in [0.05, 0.1) is 6.54 Å². The minimum absolute atomic E-state index is 0.826. The van der Waals surface area contributed by atoms with Crippen molar-refractivity contribution in [2.24, 2.45) is 11.8 Å². The van der Waals surface area contributed by atoms with Gasteiger partial charge >= 0.3 is 0 Å². The Bertz CT molecular complexity index is 396. The van der Waals surface area contributed by atoms with Crippen LogP contribution in [0.3, 0.4) is 0 Å². The van der Waals surface area contributed by atoms with Crippen LogP contribution in [0, 0.1) is 11.8 Å². The Morgan fingerprint density at radius 3 is 3.26 bits per heavy atom. The molecule has 0 bridgehead atoms. The molecule has 1 aromatic heterocycles. The Morgan fingerprint density at radius 1 is 1.47 bits per heavy atom. The molecule has 3 heterocycles. The summed E-state index contributed by atoms with van der Waals surface area (Å²) in [5.74, 6) is 2.83. The van der Waals surface area contributed by atoms with Crippen LogP contribution in [-0.4, -0.2) is 45.8 Å². The zero-order chi connectivity index (χ0) is 13.1. The minimum Gasteiger partial charge on any atom is -0.316 e. The molecule has 0 saturated carbocycles. The van der Waals surface area contributed by atoms with Crippen LogP contribution in [0.4, 0.5) is 0 Å². The first-order chi connectivity index (χ1) is 9.33. The van der Waals surface area contributed by atoms with Crippen LogP contribution in [0.5, 0.6) is 0 Å². The van der Waals surface area contributed by atoms with E-state index in [9.17, 15) is 0 Å². The number of aromatic nitrogens is 3. The van der Waals surface area contributed by atoms with Gasteiger partial charge in [-0.2, -0.15) is 0 Å². The van der Waals surface area contributed by atoms with E-state index in [0.717, 1.165) is 37.3 Å². The van der Waals surface area contributed by atoms with Crippen molar-refractivity contribution in [3.05, 3.63) is 12.2 Å². The van der Waals surface area contributed by atoms with Crippen LogP contribution >= 0.6 is 0 Å². The van der Waals surface area contributed by atoms with Gasteiger partial charge in [0.15, 0.2) is 0 Å². The summed E-state index contributed by atoms with van der Waals surface area (Å²) in [6, 6.07) is 0. The fraction of sp³-hybridized carbons (Fsp3) is 0.857. The second kappa shape index (κ2) is 6.01. The van der Waals surface area contributed by atoms with Crippen molar-refractivity contribution in [3.8, 4) is 0 Å². The molecule has 1 saturated heterocycles. The third-order valence-corrected chi connectivity index (χ3v) is 4.76. The Hall–Kier alpha value is -0.940. The zero-order valence-electron chi connectivity index (χ0n) is 11.9. The molecule has 0 aliphatic carbocycles. The van der Waals surface area contributed by atoms with E-state index in [1.165, 1.54) is 38.9 Å². The van der Waals surface area contributed by atoms with E-state index in [-0.39, 0.29) is 0 Å². The standard InChI is InChI=1S/C14H25N5/c1-12(13-3-2-5-15-9-13)4-6-18-7-8-19-11-16-17-14(19)10-18/h11-13,15H,2-10H2,1H3. The van der Waals surface area contributed by atoms with Crippen LogP contribution in [0.15, 0.2) is 6.33 Å². The highest BCUT2D eigenvalue weighted by Crippen LogP contribution is 2.23. The number of piperidine rings is 1. The highest BCUT2D eigenvalue weighted by Gasteiger charge is 2.22. The monoisotopic (exact) mass is 263 g/mol. The Morgan fingerprint density at radius 2 is 2.42 bits per heavy atom. The summed E-state index contributed by atoms with van der Waals surface area (Å²) in [6.07, 6.45) is 5.91. The lowest BCUT2D eigenvalue weighted by molar-refractivity contribution is 0.181. The van der Waals surface area contributed by atoms with Crippen LogP contribution in [0.2, 0.25) is 0 Å². The third-order valence-electron chi connectivity index (χ3n) is 4.76. The van der Waals surface area contributed by atoms with Gasteiger partial charge in [-0.3, -0.25) is 4.90 Å². The predicted molar refractivity (Wildman–Crippen MR) is 74.7 cm³/mol. The Kier molecular flexibility index (Phi) is 4.13. The number of rotatable bonds is 4. The maximum Gasteiger partial charge on any atom is 0.147 e. The molecule has 2 aliphatic rings. The normalized spacial score (nSPS) is 26.1. The van der Waals surface area contributed by atoms with E-state index < -0.39 is 0 Å². The summed E-state index contributed by atoms with van der Waals surface area (Å²) in [6.45, 7) is 9.20. The highest BCUT2D eigenvalue weighted by molar-refractivity contribution is 4.90. The van der Waals surface area contributed by atoms with Gasteiger partial charge in [0.1, 0.15) is 12.2 Å². The van der Waals surface area contributed by atoms with Crippen molar-refractivity contribution < 1.29 is 0 Å². The lowest BCUT2D eigenvalue weighted by Crippen LogP contribution is -2.37. The molecule has 0 radical (unpaired) electrons. The molecule has 0 amide bonds. The van der Waals surface area contributed by atoms with Crippen LogP contribution < -0.4 is 5.32 Å². The predicted octanol–water partition coefficient (Wildman–Crippen LogP) is 1.12. The quantitative estimate of drug-likeness (QED) is 0.884. The van der Waals surface area contributed by atoms with Crippen molar-refractivity contribution in [3.63, 3.8) is 0 Å². The molecule has 2 atom stereocenters. The van der Waals surface area contributed by atoms with Crippen LogP contribution in [-0.2, 0) is 13.1 Å². The summed E-state index contributed by atoms with van der Waals surface area (Å²) in [4.78, 5) is 2.52. The van der Waals surface area contributed by atoms with Gasteiger partial charge in [-0.05, 0) is 50.7 Å². The van der Waals surface area contributed by atoms with Gasteiger partial charge in [-0.25, -0.2) is 0 Å². The summed E-state index contributed by atoms with van der Waals surface area (Å²) in [7, 11) is 0. The Balaban J connectivity index is 1.45. The molecular formula is C14H25N5. The first-order valence-electron chi connectivity index (χ1n) is 7.62. The topological polar surface area (TPSA) is 46.0 Å². The van der Waals surface area contributed by atoms with Gasteiger partial charge in [0.25, 0.3) is 0 Å². The number of nitrogens with zero attached hydrogens (tertiary/aromatic N) is 4. The molecule has 106 valence electrons. The van der Waals surface area contributed by atoms with E-state index in [2.05, 4.69) is 31.9 Å². The maximum absolute atomic E-state index is 4.19. The van der Waals surface area contributed by atoms with E-state index in [4.69, 9.17) is 0 Å². The number of fused-ring (bicyclic) bond motifs is 1. The molecule has 0 spiro atoms. The Labute approximate surface area is 115 Å². The molecule has 19 heavy (non-hydrogen) atoms. The molecular weight excluding hydrogens is 238 g/mol. The lowest BCUT2D eigenvalue weighted by atomic mass is 9.85. The summed E-state index contributed by atoms with van der Waals surface area (Å²) in [5.41, 5.74) is 0. The van der Waals surface area contributed by atoms with Crippen molar-refractivity contribution in [2.75, 3.05) is 26.2 Å². The average Bonchev–Trinajstić information content (AvgIpc) is 2.93. The fourth-order valence-corrected chi connectivity index (χ4v) is 3.29. The minimum atomic E-state index is 0.826. The molecule has 5 heteroatoms. The van der Waals surface area contributed by atoms with Gasteiger partial charge in [0, 0.05) is 13.1 Å². The zero-order valence-corrected chi connectivity index (χ0v) is 11.9.